The van der Waals surface area contributed by atoms with E-state index in [0.29, 0.717) is 18.5 Å². The van der Waals surface area contributed by atoms with E-state index in [2.05, 4.69) is 20.5 Å². The fourth-order valence-corrected chi connectivity index (χ4v) is 1.74. The maximum atomic E-state index is 5.52. The lowest BCUT2D eigenvalue weighted by Crippen LogP contribution is -2.05. The first kappa shape index (κ1) is 10.4. The molecule has 0 fully saturated rings. The topological polar surface area (TPSA) is 63.8 Å². The van der Waals surface area contributed by atoms with E-state index in [1.54, 1.807) is 11.3 Å². The fourth-order valence-electron chi connectivity index (χ4n) is 1.04. The zero-order valence-electron chi connectivity index (χ0n) is 7.81. The number of halogens is 1. The van der Waals surface area contributed by atoms with Crippen LogP contribution in [-0.2, 0) is 12.3 Å². The average Bonchev–Trinajstić information content (AvgIpc) is 2.88. The Bertz CT molecular complexity index is 402. The van der Waals surface area contributed by atoms with E-state index < -0.39 is 0 Å². The molecule has 0 aliphatic carbocycles. The Hall–Kier alpha value is -1.14. The van der Waals surface area contributed by atoms with Crippen molar-refractivity contribution < 1.29 is 4.42 Å². The normalized spacial score (nSPS) is 10.5. The van der Waals surface area contributed by atoms with E-state index in [4.69, 9.17) is 16.0 Å². The third-order valence-electron chi connectivity index (χ3n) is 1.72. The van der Waals surface area contributed by atoms with Gasteiger partial charge in [0.2, 0.25) is 5.89 Å². The first-order valence-electron chi connectivity index (χ1n) is 4.38. The van der Waals surface area contributed by atoms with Crippen molar-refractivity contribution in [2.45, 2.75) is 12.3 Å². The number of anilines is 1. The second-order valence-electron chi connectivity index (χ2n) is 2.79. The van der Waals surface area contributed by atoms with Crippen molar-refractivity contribution in [3.05, 3.63) is 22.5 Å². The van der Waals surface area contributed by atoms with Gasteiger partial charge in [-0.15, -0.1) is 28.0 Å². The van der Waals surface area contributed by atoms with Gasteiger partial charge in [0.15, 0.2) is 0 Å². The molecule has 2 aromatic heterocycles. The van der Waals surface area contributed by atoms with Crippen LogP contribution >= 0.6 is 22.9 Å². The lowest BCUT2D eigenvalue weighted by molar-refractivity contribution is 0.525. The number of aromatic nitrogens is 3. The van der Waals surface area contributed by atoms with E-state index in [0.717, 1.165) is 12.1 Å². The van der Waals surface area contributed by atoms with Crippen molar-refractivity contribution in [2.75, 3.05) is 11.9 Å². The molecule has 0 atom stereocenters. The van der Waals surface area contributed by atoms with Gasteiger partial charge in [0.05, 0.1) is 11.2 Å². The maximum Gasteiger partial charge on any atom is 0.315 e. The minimum Gasteiger partial charge on any atom is -0.407 e. The van der Waals surface area contributed by atoms with Crippen LogP contribution in [0.4, 0.5) is 6.01 Å². The molecule has 0 unspecified atom stereocenters. The molecule has 15 heavy (non-hydrogen) atoms. The van der Waals surface area contributed by atoms with Crippen molar-refractivity contribution in [3.63, 3.8) is 0 Å². The molecule has 0 saturated heterocycles. The van der Waals surface area contributed by atoms with E-state index in [1.165, 1.54) is 0 Å². The Morgan fingerprint density at radius 3 is 3.07 bits per heavy atom. The van der Waals surface area contributed by atoms with Gasteiger partial charge >= 0.3 is 6.01 Å². The van der Waals surface area contributed by atoms with Gasteiger partial charge in [0.1, 0.15) is 5.88 Å². The summed E-state index contributed by atoms with van der Waals surface area (Å²) in [6.45, 7) is 0.716. The predicted octanol–water partition coefficient (Wildman–Crippen LogP) is 1.92. The van der Waals surface area contributed by atoms with Crippen LogP contribution < -0.4 is 5.32 Å². The number of alkyl halides is 1. The molecule has 0 saturated carbocycles. The molecule has 5 nitrogen and oxygen atoms in total. The summed E-state index contributed by atoms with van der Waals surface area (Å²) in [5.41, 5.74) is 2.87. The van der Waals surface area contributed by atoms with Gasteiger partial charge in [0.25, 0.3) is 0 Å². The largest absolute Gasteiger partial charge is 0.407 e. The fraction of sp³-hybridized carbons (Fsp3) is 0.375. The van der Waals surface area contributed by atoms with Crippen LogP contribution in [0.5, 0.6) is 0 Å². The molecule has 2 heterocycles. The highest BCUT2D eigenvalue weighted by atomic mass is 35.5. The minimum atomic E-state index is 0.237. The van der Waals surface area contributed by atoms with Crippen LogP contribution in [0.2, 0.25) is 0 Å². The number of thiazole rings is 1. The van der Waals surface area contributed by atoms with Crippen molar-refractivity contribution in [2.24, 2.45) is 0 Å². The number of nitrogens with zero attached hydrogens (tertiary/aromatic N) is 3. The molecular formula is C8H9ClN4OS. The molecule has 80 valence electrons. The molecule has 7 heteroatoms. The van der Waals surface area contributed by atoms with Crippen molar-refractivity contribution in [3.8, 4) is 0 Å². The predicted molar refractivity (Wildman–Crippen MR) is 58.2 cm³/mol. The molecule has 2 aromatic rings. The number of nitrogens with one attached hydrogen (secondary N) is 1. The highest BCUT2D eigenvalue weighted by Crippen LogP contribution is 2.08. The number of hydrogen-bond donors (Lipinski definition) is 1. The van der Waals surface area contributed by atoms with Gasteiger partial charge in [-0.05, 0) is 0 Å². The van der Waals surface area contributed by atoms with E-state index >= 15 is 0 Å². The van der Waals surface area contributed by atoms with Gasteiger partial charge in [0, 0.05) is 18.3 Å². The zero-order chi connectivity index (χ0) is 10.5. The molecule has 0 aromatic carbocycles. The second-order valence-corrected chi connectivity index (χ2v) is 3.78. The van der Waals surface area contributed by atoms with Crippen LogP contribution in [0.1, 0.15) is 11.6 Å². The molecule has 2 rings (SSSR count). The highest BCUT2D eigenvalue weighted by Gasteiger charge is 2.03. The summed E-state index contributed by atoms with van der Waals surface area (Å²) in [6, 6.07) is 0.404. The van der Waals surface area contributed by atoms with Crippen molar-refractivity contribution in [1.82, 2.24) is 15.2 Å². The van der Waals surface area contributed by atoms with E-state index in [9.17, 15) is 0 Å². The first-order valence-corrected chi connectivity index (χ1v) is 5.85. The summed E-state index contributed by atoms with van der Waals surface area (Å²) in [6.07, 6.45) is 0.835. The summed E-state index contributed by atoms with van der Waals surface area (Å²) in [5, 5.41) is 12.5. The molecule has 0 aliphatic rings. The summed E-state index contributed by atoms with van der Waals surface area (Å²) in [5.74, 6) is 0.661. The molecule has 0 radical (unpaired) electrons. The minimum absolute atomic E-state index is 0.237. The van der Waals surface area contributed by atoms with Gasteiger partial charge in [-0.3, -0.25) is 0 Å². The Kier molecular flexibility index (Phi) is 3.52. The van der Waals surface area contributed by atoms with Crippen LogP contribution in [-0.4, -0.2) is 21.7 Å². The van der Waals surface area contributed by atoms with E-state index in [1.807, 2.05) is 10.9 Å². The van der Waals surface area contributed by atoms with Gasteiger partial charge in [-0.2, -0.15) is 0 Å². The maximum absolute atomic E-state index is 5.52. The van der Waals surface area contributed by atoms with Gasteiger partial charge in [-0.25, -0.2) is 4.98 Å². The van der Waals surface area contributed by atoms with Crippen molar-refractivity contribution in [1.29, 1.82) is 0 Å². The summed E-state index contributed by atoms with van der Waals surface area (Å²) >= 11 is 7.11. The van der Waals surface area contributed by atoms with Crippen LogP contribution in [0.3, 0.4) is 0 Å². The third-order valence-corrected chi connectivity index (χ3v) is 2.59. The lowest BCUT2D eigenvalue weighted by atomic mass is 10.3. The average molecular weight is 245 g/mol. The lowest BCUT2D eigenvalue weighted by Gasteiger charge is -1.97. The van der Waals surface area contributed by atoms with E-state index in [-0.39, 0.29) is 5.88 Å². The zero-order valence-corrected chi connectivity index (χ0v) is 9.38. The quantitative estimate of drug-likeness (QED) is 0.814. The van der Waals surface area contributed by atoms with Crippen molar-refractivity contribution >= 4 is 29.0 Å². The Balaban J connectivity index is 1.78. The Labute approximate surface area is 95.5 Å². The molecular weight excluding hydrogens is 236 g/mol. The summed E-state index contributed by atoms with van der Waals surface area (Å²) < 4.78 is 5.17. The number of rotatable bonds is 5. The first-order chi connectivity index (χ1) is 7.38. The second kappa shape index (κ2) is 5.09. The summed E-state index contributed by atoms with van der Waals surface area (Å²) in [4.78, 5) is 4.16. The standard InChI is InChI=1S/C8H9ClN4OS/c9-3-7-12-13-8(14-7)10-2-1-6-4-15-5-11-6/h4-5H,1-3H2,(H,10,13). The van der Waals surface area contributed by atoms with Crippen LogP contribution in [0.15, 0.2) is 15.3 Å². The Morgan fingerprint density at radius 1 is 1.47 bits per heavy atom. The van der Waals surface area contributed by atoms with Crippen LogP contribution in [0.25, 0.3) is 0 Å². The van der Waals surface area contributed by atoms with Gasteiger partial charge < -0.3 is 9.73 Å². The molecule has 1 N–H and O–H groups in total. The van der Waals surface area contributed by atoms with Gasteiger partial charge in [-0.1, -0.05) is 5.10 Å². The van der Waals surface area contributed by atoms with Crippen LogP contribution in [0, 0.1) is 0 Å². The summed E-state index contributed by atoms with van der Waals surface area (Å²) in [7, 11) is 0. The molecule has 0 spiro atoms. The smallest absolute Gasteiger partial charge is 0.315 e. The number of hydrogen-bond acceptors (Lipinski definition) is 6. The SMILES string of the molecule is ClCc1nnc(NCCc2cscn2)o1. The Morgan fingerprint density at radius 2 is 2.40 bits per heavy atom. The monoisotopic (exact) mass is 244 g/mol. The molecule has 0 amide bonds. The molecule has 0 aliphatic heterocycles. The molecule has 0 bridgehead atoms. The highest BCUT2D eigenvalue weighted by molar-refractivity contribution is 7.07. The third kappa shape index (κ3) is 2.90.